The van der Waals surface area contributed by atoms with Gasteiger partial charge in [0.05, 0.1) is 4.88 Å². The van der Waals surface area contributed by atoms with Gasteiger partial charge in [-0.2, -0.15) is 4.98 Å². The highest BCUT2D eigenvalue weighted by atomic mass is 32.1. The molecule has 1 fully saturated rings. The predicted octanol–water partition coefficient (Wildman–Crippen LogP) is 2.95. The Morgan fingerprint density at radius 3 is 2.65 bits per heavy atom. The summed E-state index contributed by atoms with van der Waals surface area (Å²) in [5.74, 6) is 1.22. The van der Waals surface area contributed by atoms with Crippen molar-refractivity contribution in [2.24, 2.45) is 5.92 Å². The molecule has 0 saturated carbocycles. The lowest BCUT2D eigenvalue weighted by Crippen LogP contribution is -2.36. The van der Waals surface area contributed by atoms with E-state index in [1.807, 2.05) is 19.9 Å². The van der Waals surface area contributed by atoms with Crippen molar-refractivity contribution in [3.05, 3.63) is 33.1 Å². The van der Waals surface area contributed by atoms with Gasteiger partial charge < -0.3 is 14.6 Å². The Bertz CT molecular complexity index is 669. The fourth-order valence-corrected chi connectivity index (χ4v) is 3.70. The molecule has 124 valence electrons. The number of hydrogen-bond acceptors (Lipinski definition) is 6. The molecule has 3 rings (SSSR count). The first-order valence-electron chi connectivity index (χ1n) is 7.80. The SMILES string of the molecule is Cc1noc(C(NC(=O)c2cc(C)c(C)s2)C2CCOCC2)n1. The number of nitrogens with one attached hydrogen (secondary N) is 1. The molecule has 6 nitrogen and oxygen atoms in total. The number of amides is 1. The number of ether oxygens (including phenoxy) is 1. The van der Waals surface area contributed by atoms with Crippen LogP contribution in [0.5, 0.6) is 0 Å². The van der Waals surface area contributed by atoms with Gasteiger partial charge in [0.1, 0.15) is 6.04 Å². The lowest BCUT2D eigenvalue weighted by Gasteiger charge is -2.28. The fraction of sp³-hybridized carbons (Fsp3) is 0.562. The highest BCUT2D eigenvalue weighted by molar-refractivity contribution is 7.14. The Balaban J connectivity index is 1.81. The summed E-state index contributed by atoms with van der Waals surface area (Å²) in [4.78, 5) is 18.8. The zero-order chi connectivity index (χ0) is 16.4. The number of carbonyl (C=O) groups excluding carboxylic acids is 1. The van der Waals surface area contributed by atoms with Crippen LogP contribution in [0.4, 0.5) is 0 Å². The van der Waals surface area contributed by atoms with Crippen molar-refractivity contribution in [2.75, 3.05) is 13.2 Å². The van der Waals surface area contributed by atoms with Crippen molar-refractivity contribution < 1.29 is 14.1 Å². The van der Waals surface area contributed by atoms with E-state index in [4.69, 9.17) is 9.26 Å². The van der Waals surface area contributed by atoms with Gasteiger partial charge in [0.25, 0.3) is 5.91 Å². The molecular weight excluding hydrogens is 314 g/mol. The summed E-state index contributed by atoms with van der Waals surface area (Å²) in [7, 11) is 0. The second-order valence-electron chi connectivity index (χ2n) is 5.93. The third-order valence-electron chi connectivity index (χ3n) is 4.22. The van der Waals surface area contributed by atoms with E-state index in [0.29, 0.717) is 29.8 Å². The molecule has 3 heterocycles. The fourth-order valence-electron chi connectivity index (χ4n) is 2.77. The topological polar surface area (TPSA) is 77.2 Å². The Morgan fingerprint density at radius 2 is 2.09 bits per heavy atom. The lowest BCUT2D eigenvalue weighted by atomic mass is 9.91. The van der Waals surface area contributed by atoms with Crippen molar-refractivity contribution >= 4 is 17.2 Å². The number of rotatable bonds is 4. The Kier molecular flexibility index (Phi) is 4.77. The summed E-state index contributed by atoms with van der Waals surface area (Å²) in [6.45, 7) is 7.21. The molecule has 2 aromatic heterocycles. The average molecular weight is 335 g/mol. The summed E-state index contributed by atoms with van der Waals surface area (Å²) in [5.41, 5.74) is 1.14. The van der Waals surface area contributed by atoms with E-state index in [0.717, 1.165) is 23.3 Å². The third kappa shape index (κ3) is 3.61. The van der Waals surface area contributed by atoms with E-state index in [1.54, 1.807) is 6.92 Å². The summed E-state index contributed by atoms with van der Waals surface area (Å²) >= 11 is 1.51. The monoisotopic (exact) mass is 335 g/mol. The van der Waals surface area contributed by atoms with E-state index in [2.05, 4.69) is 15.5 Å². The number of thiophene rings is 1. The Hall–Kier alpha value is -1.73. The summed E-state index contributed by atoms with van der Waals surface area (Å²) in [6.07, 6.45) is 1.74. The van der Waals surface area contributed by atoms with Crippen LogP contribution in [-0.2, 0) is 4.74 Å². The summed E-state index contributed by atoms with van der Waals surface area (Å²) < 4.78 is 10.8. The minimum absolute atomic E-state index is 0.0847. The Labute approximate surface area is 139 Å². The first-order valence-corrected chi connectivity index (χ1v) is 8.62. The van der Waals surface area contributed by atoms with Gasteiger partial charge in [-0.15, -0.1) is 11.3 Å². The maximum absolute atomic E-state index is 12.6. The van der Waals surface area contributed by atoms with E-state index < -0.39 is 0 Å². The Morgan fingerprint density at radius 1 is 1.35 bits per heavy atom. The van der Waals surface area contributed by atoms with E-state index in [1.165, 1.54) is 11.3 Å². The van der Waals surface area contributed by atoms with E-state index in [-0.39, 0.29) is 17.9 Å². The first kappa shape index (κ1) is 16.1. The van der Waals surface area contributed by atoms with Gasteiger partial charge in [-0.05, 0) is 51.2 Å². The molecule has 1 amide bonds. The molecule has 1 aliphatic rings. The van der Waals surface area contributed by atoms with Gasteiger partial charge in [0.15, 0.2) is 5.82 Å². The molecule has 0 bridgehead atoms. The van der Waals surface area contributed by atoms with Gasteiger partial charge in [-0.3, -0.25) is 4.79 Å². The van der Waals surface area contributed by atoms with Crippen molar-refractivity contribution in [3.63, 3.8) is 0 Å². The lowest BCUT2D eigenvalue weighted by molar-refractivity contribution is 0.0468. The standard InChI is InChI=1S/C16H21N3O3S/c1-9-8-13(23-10(9)2)15(20)18-14(12-4-6-21-7-5-12)16-17-11(3)19-22-16/h8,12,14H,4-7H2,1-3H3,(H,18,20). The molecule has 1 atom stereocenters. The van der Waals surface area contributed by atoms with Gasteiger partial charge in [0.2, 0.25) is 5.89 Å². The zero-order valence-electron chi connectivity index (χ0n) is 13.6. The maximum atomic E-state index is 12.6. The molecule has 1 saturated heterocycles. The second kappa shape index (κ2) is 6.80. The van der Waals surface area contributed by atoms with Crippen LogP contribution in [0.1, 0.15) is 50.7 Å². The first-order chi connectivity index (χ1) is 11.0. The predicted molar refractivity (Wildman–Crippen MR) is 86.6 cm³/mol. The largest absolute Gasteiger partial charge is 0.381 e. The molecule has 1 aliphatic heterocycles. The quantitative estimate of drug-likeness (QED) is 0.929. The van der Waals surface area contributed by atoms with Crippen LogP contribution in [0, 0.1) is 26.7 Å². The van der Waals surface area contributed by atoms with E-state index >= 15 is 0 Å². The summed E-state index contributed by atoms with van der Waals surface area (Å²) in [5, 5.41) is 6.96. The van der Waals surface area contributed by atoms with Crippen molar-refractivity contribution in [1.82, 2.24) is 15.5 Å². The molecule has 1 N–H and O–H groups in total. The van der Waals surface area contributed by atoms with Crippen LogP contribution >= 0.6 is 11.3 Å². The molecule has 0 radical (unpaired) electrons. The van der Waals surface area contributed by atoms with Gasteiger partial charge in [-0.1, -0.05) is 5.16 Å². The van der Waals surface area contributed by atoms with Crippen LogP contribution in [-0.4, -0.2) is 29.3 Å². The molecular formula is C16H21N3O3S. The molecule has 7 heteroatoms. The number of aryl methyl sites for hydroxylation is 3. The third-order valence-corrected chi connectivity index (χ3v) is 5.37. The van der Waals surface area contributed by atoms with Crippen LogP contribution in [0.3, 0.4) is 0 Å². The van der Waals surface area contributed by atoms with Crippen LogP contribution in [0.2, 0.25) is 0 Å². The number of nitrogens with zero attached hydrogens (tertiary/aromatic N) is 2. The van der Waals surface area contributed by atoms with Crippen LogP contribution in [0.25, 0.3) is 0 Å². The van der Waals surface area contributed by atoms with Crippen molar-refractivity contribution in [3.8, 4) is 0 Å². The second-order valence-corrected chi connectivity index (χ2v) is 7.19. The number of carbonyl (C=O) groups is 1. The van der Waals surface area contributed by atoms with Crippen molar-refractivity contribution in [1.29, 1.82) is 0 Å². The molecule has 23 heavy (non-hydrogen) atoms. The molecule has 0 aliphatic carbocycles. The van der Waals surface area contributed by atoms with Crippen LogP contribution < -0.4 is 5.32 Å². The van der Waals surface area contributed by atoms with E-state index in [9.17, 15) is 4.79 Å². The van der Waals surface area contributed by atoms with Gasteiger partial charge in [0, 0.05) is 18.1 Å². The van der Waals surface area contributed by atoms with Gasteiger partial charge >= 0.3 is 0 Å². The molecule has 0 aromatic carbocycles. The highest BCUT2D eigenvalue weighted by Gasteiger charge is 2.31. The molecule has 2 aromatic rings. The number of aromatic nitrogens is 2. The molecule has 1 unspecified atom stereocenters. The minimum atomic E-state index is -0.268. The summed E-state index contributed by atoms with van der Waals surface area (Å²) in [6, 6.07) is 1.66. The zero-order valence-corrected chi connectivity index (χ0v) is 14.4. The normalized spacial score (nSPS) is 17.2. The average Bonchev–Trinajstić information content (AvgIpc) is 3.12. The van der Waals surface area contributed by atoms with Crippen molar-refractivity contribution in [2.45, 2.75) is 39.7 Å². The minimum Gasteiger partial charge on any atom is -0.381 e. The maximum Gasteiger partial charge on any atom is 0.262 e. The highest BCUT2D eigenvalue weighted by Crippen LogP contribution is 2.30. The number of hydrogen-bond donors (Lipinski definition) is 1. The van der Waals surface area contributed by atoms with Crippen LogP contribution in [0.15, 0.2) is 10.6 Å². The molecule has 0 spiro atoms. The smallest absolute Gasteiger partial charge is 0.262 e. The van der Waals surface area contributed by atoms with Gasteiger partial charge in [-0.25, -0.2) is 0 Å².